The molecule has 33 heavy (non-hydrogen) atoms. The number of benzene rings is 1. The van der Waals surface area contributed by atoms with Gasteiger partial charge in [0.1, 0.15) is 0 Å². The number of rotatable bonds is 5. The van der Waals surface area contributed by atoms with Gasteiger partial charge in [-0.3, -0.25) is 24.1 Å². The summed E-state index contributed by atoms with van der Waals surface area (Å²) >= 11 is 5.84. The monoisotopic (exact) mass is 467 g/mol. The molecular formula is C26H26ClNO5. The van der Waals surface area contributed by atoms with Crippen molar-refractivity contribution in [3.63, 3.8) is 0 Å². The molecule has 1 aromatic carbocycles. The summed E-state index contributed by atoms with van der Waals surface area (Å²) in [5, 5.41) is 0.537. The van der Waals surface area contributed by atoms with Crippen molar-refractivity contribution in [2.75, 3.05) is 6.61 Å². The third kappa shape index (κ3) is 3.37. The number of ketones is 1. The lowest BCUT2D eigenvalue weighted by molar-refractivity contribution is -0.149. The predicted molar refractivity (Wildman–Crippen MR) is 119 cm³/mol. The quantitative estimate of drug-likeness (QED) is 0.285. The number of likely N-dealkylation sites (tertiary alicyclic amines) is 1. The van der Waals surface area contributed by atoms with Crippen molar-refractivity contribution in [3.8, 4) is 0 Å². The van der Waals surface area contributed by atoms with Gasteiger partial charge in [-0.15, -0.1) is 0 Å². The van der Waals surface area contributed by atoms with E-state index in [2.05, 4.69) is 12.2 Å². The van der Waals surface area contributed by atoms with E-state index in [1.54, 1.807) is 29.2 Å². The van der Waals surface area contributed by atoms with Crippen molar-refractivity contribution in [1.29, 1.82) is 0 Å². The Kier molecular flexibility index (Phi) is 4.98. The van der Waals surface area contributed by atoms with Gasteiger partial charge in [-0.05, 0) is 80.0 Å². The highest BCUT2D eigenvalue weighted by Gasteiger charge is 2.67. The summed E-state index contributed by atoms with van der Waals surface area (Å²) in [5.74, 6) is 0.376. The molecule has 6 atom stereocenters. The van der Waals surface area contributed by atoms with Gasteiger partial charge >= 0.3 is 5.97 Å². The predicted octanol–water partition coefficient (Wildman–Crippen LogP) is 3.68. The molecule has 6 nitrogen and oxygen atoms in total. The molecule has 7 heteroatoms. The standard InChI is InChI=1S/C26H26ClNO5/c27-15-5-1-13(2-6-15)21(29)12-33-26(32)14-3-7-16(8-4-14)28-24(30)22-17-9-10-18(20-11-19(17)20)23(22)25(28)31/h1-2,5-6,9-10,14,16-20,22-23H,3-4,7-8,11-12H2/t14?,16?,17-,18-,19-,20-,22+,23+/m0/s1. The molecule has 0 radical (unpaired) electrons. The van der Waals surface area contributed by atoms with Crippen molar-refractivity contribution in [2.24, 2.45) is 41.4 Å². The van der Waals surface area contributed by atoms with Crippen LogP contribution in [0.25, 0.3) is 0 Å². The van der Waals surface area contributed by atoms with Gasteiger partial charge in [0.05, 0.1) is 17.8 Å². The third-order valence-electron chi connectivity index (χ3n) is 8.60. The molecule has 1 aliphatic heterocycles. The van der Waals surface area contributed by atoms with Crippen LogP contribution < -0.4 is 0 Å². The molecule has 7 rings (SSSR count). The molecule has 0 N–H and O–H groups in total. The molecule has 0 unspecified atom stereocenters. The van der Waals surface area contributed by atoms with Crippen LogP contribution in [0, 0.1) is 41.4 Å². The van der Waals surface area contributed by atoms with Crippen LogP contribution in [0.2, 0.25) is 5.02 Å². The van der Waals surface area contributed by atoms with E-state index < -0.39 is 0 Å². The lowest BCUT2D eigenvalue weighted by Gasteiger charge is -2.37. The van der Waals surface area contributed by atoms with Gasteiger partial charge < -0.3 is 4.74 Å². The topological polar surface area (TPSA) is 80.8 Å². The van der Waals surface area contributed by atoms with Gasteiger partial charge in [0.25, 0.3) is 0 Å². The van der Waals surface area contributed by atoms with E-state index in [0.717, 1.165) is 6.42 Å². The Morgan fingerprint density at radius 2 is 1.48 bits per heavy atom. The van der Waals surface area contributed by atoms with Crippen molar-refractivity contribution in [3.05, 3.63) is 47.0 Å². The molecule has 1 saturated heterocycles. The van der Waals surface area contributed by atoms with E-state index in [1.165, 1.54) is 0 Å². The second kappa shape index (κ2) is 7.79. The number of imide groups is 1. The summed E-state index contributed by atoms with van der Waals surface area (Å²) in [6.07, 6.45) is 7.86. The van der Waals surface area contributed by atoms with Crippen molar-refractivity contribution in [1.82, 2.24) is 4.90 Å². The summed E-state index contributed by atoms with van der Waals surface area (Å²) in [7, 11) is 0. The number of nitrogens with zero attached hydrogens (tertiary/aromatic N) is 1. The van der Waals surface area contributed by atoms with Gasteiger partial charge in [-0.25, -0.2) is 0 Å². The lowest BCUT2D eigenvalue weighted by Crippen LogP contribution is -2.44. The molecule has 2 amide bonds. The zero-order chi connectivity index (χ0) is 22.9. The number of hydrogen-bond acceptors (Lipinski definition) is 5. The zero-order valence-electron chi connectivity index (χ0n) is 18.2. The number of Topliss-reactive ketones (excluding diaryl/α,β-unsaturated/α-hetero) is 1. The number of esters is 1. The van der Waals surface area contributed by atoms with Crippen molar-refractivity contribution in [2.45, 2.75) is 38.1 Å². The molecule has 6 aliphatic rings. The van der Waals surface area contributed by atoms with E-state index in [1.807, 2.05) is 0 Å². The van der Waals surface area contributed by atoms with Crippen molar-refractivity contribution >= 4 is 35.2 Å². The smallest absolute Gasteiger partial charge is 0.309 e. The highest BCUT2D eigenvalue weighted by molar-refractivity contribution is 6.30. The minimum atomic E-state index is -0.383. The Bertz CT molecular complexity index is 1020. The second-order valence-electron chi connectivity index (χ2n) is 10.2. The number of carbonyl (C=O) groups is 4. The van der Waals surface area contributed by atoms with Crippen LogP contribution in [0.5, 0.6) is 0 Å². The van der Waals surface area contributed by atoms with Gasteiger partial charge in [0.2, 0.25) is 11.8 Å². The van der Waals surface area contributed by atoms with E-state index >= 15 is 0 Å². The Hall–Kier alpha value is -2.47. The molecule has 172 valence electrons. The fraction of sp³-hybridized carbons (Fsp3) is 0.538. The van der Waals surface area contributed by atoms with Crippen LogP contribution in [0.15, 0.2) is 36.4 Å². The van der Waals surface area contributed by atoms with Gasteiger partial charge in [0, 0.05) is 16.6 Å². The minimum Gasteiger partial charge on any atom is -0.457 e. The highest BCUT2D eigenvalue weighted by atomic mass is 35.5. The average molecular weight is 468 g/mol. The fourth-order valence-electron chi connectivity index (χ4n) is 6.88. The second-order valence-corrected chi connectivity index (χ2v) is 10.7. The summed E-state index contributed by atoms with van der Waals surface area (Å²) < 4.78 is 5.28. The largest absolute Gasteiger partial charge is 0.457 e. The normalized spacial score (nSPS) is 38.2. The molecule has 5 aliphatic carbocycles. The van der Waals surface area contributed by atoms with Crippen LogP contribution in [0.1, 0.15) is 42.5 Å². The molecule has 1 heterocycles. The first-order chi connectivity index (χ1) is 15.9. The Labute approximate surface area is 197 Å². The zero-order valence-corrected chi connectivity index (χ0v) is 18.9. The maximum atomic E-state index is 13.3. The van der Waals surface area contributed by atoms with E-state index in [9.17, 15) is 19.2 Å². The minimum absolute atomic E-state index is 0.00860. The van der Waals surface area contributed by atoms with Gasteiger partial charge in [-0.2, -0.15) is 0 Å². The summed E-state index contributed by atoms with van der Waals surface area (Å²) in [6, 6.07) is 6.33. The van der Waals surface area contributed by atoms with E-state index in [-0.39, 0.29) is 65.8 Å². The summed E-state index contributed by atoms with van der Waals surface area (Å²) in [5.41, 5.74) is 0.449. The number of carbonyl (C=O) groups excluding carboxylic acids is 4. The maximum absolute atomic E-state index is 13.3. The van der Waals surface area contributed by atoms with E-state index in [4.69, 9.17) is 16.3 Å². The maximum Gasteiger partial charge on any atom is 0.309 e. The van der Waals surface area contributed by atoms with E-state index in [0.29, 0.717) is 48.1 Å². The first-order valence-corrected chi connectivity index (χ1v) is 12.3. The average Bonchev–Trinajstić information content (AvgIpc) is 3.61. The number of halogens is 1. The summed E-state index contributed by atoms with van der Waals surface area (Å²) in [4.78, 5) is 52.9. The number of hydrogen-bond donors (Lipinski definition) is 0. The molecular weight excluding hydrogens is 442 g/mol. The Balaban J connectivity index is 1.04. The lowest BCUT2D eigenvalue weighted by atomic mass is 9.63. The van der Waals surface area contributed by atoms with Crippen LogP contribution >= 0.6 is 11.6 Å². The number of ether oxygens (including phenoxy) is 1. The van der Waals surface area contributed by atoms with Crippen LogP contribution in [0.4, 0.5) is 0 Å². The number of amides is 2. The molecule has 4 fully saturated rings. The number of allylic oxidation sites excluding steroid dienone is 2. The van der Waals surface area contributed by atoms with Crippen LogP contribution in [-0.4, -0.2) is 41.1 Å². The van der Waals surface area contributed by atoms with Gasteiger partial charge in [0.15, 0.2) is 12.4 Å². The molecule has 0 spiro atoms. The van der Waals surface area contributed by atoms with Crippen LogP contribution in [0.3, 0.4) is 0 Å². The van der Waals surface area contributed by atoms with Crippen molar-refractivity contribution < 1.29 is 23.9 Å². The van der Waals surface area contributed by atoms with Gasteiger partial charge in [-0.1, -0.05) is 23.8 Å². The Morgan fingerprint density at radius 1 is 0.909 bits per heavy atom. The summed E-state index contributed by atoms with van der Waals surface area (Å²) in [6.45, 7) is -0.301. The molecule has 3 saturated carbocycles. The molecule has 0 aromatic heterocycles. The third-order valence-corrected chi connectivity index (χ3v) is 8.86. The Morgan fingerprint density at radius 3 is 2.06 bits per heavy atom. The van der Waals surface area contributed by atoms with Crippen LogP contribution in [-0.2, 0) is 19.1 Å². The highest BCUT2D eigenvalue weighted by Crippen LogP contribution is 2.65. The molecule has 2 bridgehead atoms. The molecule has 1 aromatic rings. The first-order valence-electron chi connectivity index (χ1n) is 11.9. The first kappa shape index (κ1) is 21.1. The SMILES string of the molecule is O=C(COC(=O)C1CCC(N2C(=O)[C@@H]3[C@H]4C=C[C@@H]([C@@H]5C[C@@H]45)[C@H]3C2=O)CC1)c1ccc(Cl)cc1. The fourth-order valence-corrected chi connectivity index (χ4v) is 7.01.